The molecule has 1 aromatic rings. The highest BCUT2D eigenvalue weighted by atomic mass is 32.1. The molecule has 2 heterocycles. The van der Waals surface area contributed by atoms with Crippen molar-refractivity contribution >= 4 is 22.6 Å². The number of thiophene rings is 1. The van der Waals surface area contributed by atoms with Crippen molar-refractivity contribution in [2.75, 3.05) is 6.67 Å². The van der Waals surface area contributed by atoms with E-state index in [4.69, 9.17) is 0 Å². The summed E-state index contributed by atoms with van der Waals surface area (Å²) in [4.78, 5) is 4.01. The van der Waals surface area contributed by atoms with Gasteiger partial charge in [0.05, 0.1) is 0 Å². The van der Waals surface area contributed by atoms with Crippen molar-refractivity contribution in [3.05, 3.63) is 17.0 Å². The second-order valence-electron chi connectivity index (χ2n) is 1.79. The van der Waals surface area contributed by atoms with E-state index in [2.05, 4.69) is 10.3 Å². The van der Waals surface area contributed by atoms with Gasteiger partial charge in [-0.15, -0.1) is 11.3 Å². The fourth-order valence-corrected chi connectivity index (χ4v) is 1.51. The van der Waals surface area contributed by atoms with Crippen LogP contribution in [0.5, 0.6) is 0 Å². The molecule has 1 aliphatic rings. The molecule has 0 unspecified atom stereocenters. The van der Waals surface area contributed by atoms with Crippen molar-refractivity contribution < 1.29 is 0 Å². The van der Waals surface area contributed by atoms with E-state index in [1.165, 1.54) is 0 Å². The zero-order valence-corrected chi connectivity index (χ0v) is 5.56. The lowest BCUT2D eigenvalue weighted by Gasteiger charge is -2.01. The number of fused-ring (bicyclic) bond motifs is 1. The van der Waals surface area contributed by atoms with E-state index in [-0.39, 0.29) is 0 Å². The van der Waals surface area contributed by atoms with Crippen LogP contribution < -0.4 is 5.32 Å². The minimum atomic E-state index is 0.605. The van der Waals surface area contributed by atoms with Gasteiger partial charge in [0, 0.05) is 11.8 Å². The zero-order chi connectivity index (χ0) is 6.10. The van der Waals surface area contributed by atoms with E-state index in [9.17, 15) is 0 Å². The van der Waals surface area contributed by atoms with Crippen molar-refractivity contribution in [1.29, 1.82) is 0 Å². The largest absolute Gasteiger partial charge is 0.269 e. The average Bonchev–Trinajstić information content (AvgIpc) is 2.33. The molecule has 0 fully saturated rings. The van der Waals surface area contributed by atoms with E-state index in [0.29, 0.717) is 6.67 Å². The summed E-state index contributed by atoms with van der Waals surface area (Å²) in [7, 11) is 0. The maximum atomic E-state index is 4.17. The van der Waals surface area contributed by atoms with Crippen LogP contribution in [0.3, 0.4) is 0 Å². The molecule has 2 nitrogen and oxygen atoms in total. The molecule has 0 saturated heterocycles. The summed E-state index contributed by atoms with van der Waals surface area (Å²) in [6.45, 7) is 0.605. The Hall–Kier alpha value is -0.830. The first-order valence-electron chi connectivity index (χ1n) is 2.71. The Labute approximate surface area is 57.2 Å². The third kappa shape index (κ3) is 0.733. The zero-order valence-electron chi connectivity index (χ0n) is 4.74. The third-order valence-electron chi connectivity index (χ3n) is 1.20. The van der Waals surface area contributed by atoms with Gasteiger partial charge >= 0.3 is 0 Å². The van der Waals surface area contributed by atoms with Crippen LogP contribution in [0.1, 0.15) is 5.56 Å². The number of aliphatic imine (C=N–C) groups is 1. The number of nitrogens with zero attached hydrogens (tertiary/aromatic N) is 2. The maximum absolute atomic E-state index is 4.17. The van der Waals surface area contributed by atoms with E-state index >= 15 is 0 Å². The first-order valence-corrected chi connectivity index (χ1v) is 3.59. The molecular formula is C6H5N2S. The highest BCUT2D eigenvalue weighted by molar-refractivity contribution is 7.14. The molecule has 0 saturated carbocycles. The average molecular weight is 137 g/mol. The summed E-state index contributed by atoms with van der Waals surface area (Å²) < 4.78 is 0. The lowest BCUT2D eigenvalue weighted by Crippen LogP contribution is -2.02. The van der Waals surface area contributed by atoms with E-state index < -0.39 is 0 Å². The molecule has 3 heteroatoms. The second-order valence-corrected chi connectivity index (χ2v) is 2.69. The van der Waals surface area contributed by atoms with Gasteiger partial charge in [0.1, 0.15) is 11.7 Å². The van der Waals surface area contributed by atoms with E-state index in [0.717, 1.165) is 10.6 Å². The fraction of sp³-hybridized carbons (Fsp3) is 0.167. The van der Waals surface area contributed by atoms with Gasteiger partial charge in [-0.2, -0.15) is 0 Å². The lowest BCUT2D eigenvalue weighted by molar-refractivity contribution is 0.882. The molecular weight excluding hydrogens is 132 g/mol. The van der Waals surface area contributed by atoms with Crippen LogP contribution in [0.15, 0.2) is 16.4 Å². The van der Waals surface area contributed by atoms with Gasteiger partial charge < -0.3 is 0 Å². The molecule has 2 rings (SSSR count). The molecule has 0 aromatic carbocycles. The van der Waals surface area contributed by atoms with Gasteiger partial charge in [-0.05, 0) is 11.4 Å². The van der Waals surface area contributed by atoms with Gasteiger partial charge in [-0.25, -0.2) is 0 Å². The number of rotatable bonds is 0. The molecule has 1 aromatic heterocycles. The van der Waals surface area contributed by atoms with Gasteiger partial charge in [-0.1, -0.05) is 0 Å². The molecule has 0 bridgehead atoms. The van der Waals surface area contributed by atoms with E-state index in [1.807, 2.05) is 17.7 Å². The van der Waals surface area contributed by atoms with Crippen LogP contribution in [-0.2, 0) is 0 Å². The Bertz CT molecular complexity index is 239. The van der Waals surface area contributed by atoms with Crippen LogP contribution in [0.2, 0.25) is 0 Å². The van der Waals surface area contributed by atoms with Crippen molar-refractivity contribution in [2.24, 2.45) is 4.99 Å². The Morgan fingerprint density at radius 2 is 2.56 bits per heavy atom. The van der Waals surface area contributed by atoms with Crippen LogP contribution >= 0.6 is 11.3 Å². The summed E-state index contributed by atoms with van der Waals surface area (Å²) in [5, 5.41) is 7.32. The predicted molar refractivity (Wildman–Crippen MR) is 38.6 cm³/mol. The van der Waals surface area contributed by atoms with Gasteiger partial charge in [0.2, 0.25) is 0 Å². The molecule has 0 amide bonds. The van der Waals surface area contributed by atoms with Crippen molar-refractivity contribution in [2.45, 2.75) is 0 Å². The number of hydrogen-bond acceptors (Lipinski definition) is 2. The first-order chi connectivity index (χ1) is 4.47. The monoisotopic (exact) mass is 137 g/mol. The quantitative estimate of drug-likeness (QED) is 0.516. The highest BCUT2D eigenvalue weighted by Crippen LogP contribution is 2.22. The van der Waals surface area contributed by atoms with Crippen molar-refractivity contribution in [3.8, 4) is 0 Å². The fourth-order valence-electron chi connectivity index (χ4n) is 0.782. The standard InChI is InChI=1S/C6H5N2S/c1-2-9-6-5(1)3-7-4-8-6/h1-3H,4H2. The molecule has 0 aliphatic carbocycles. The SMILES string of the molecule is C1=NC[N]c2sccc21. The van der Waals surface area contributed by atoms with E-state index in [1.54, 1.807) is 11.3 Å². The number of hydrogen-bond donors (Lipinski definition) is 0. The minimum Gasteiger partial charge on any atom is -0.269 e. The van der Waals surface area contributed by atoms with Gasteiger partial charge in [-0.3, -0.25) is 10.3 Å². The summed E-state index contributed by atoms with van der Waals surface area (Å²) in [6.07, 6.45) is 1.87. The molecule has 1 radical (unpaired) electrons. The van der Waals surface area contributed by atoms with Crippen LogP contribution in [0.25, 0.3) is 0 Å². The Kier molecular flexibility index (Phi) is 1.02. The molecule has 0 atom stereocenters. The summed E-state index contributed by atoms with van der Waals surface area (Å²) >= 11 is 1.67. The highest BCUT2D eigenvalue weighted by Gasteiger charge is 2.04. The maximum Gasteiger partial charge on any atom is 0.131 e. The smallest absolute Gasteiger partial charge is 0.131 e. The molecule has 0 spiro atoms. The van der Waals surface area contributed by atoms with Crippen LogP contribution in [0, 0.1) is 0 Å². The van der Waals surface area contributed by atoms with Crippen LogP contribution in [-0.4, -0.2) is 12.9 Å². The van der Waals surface area contributed by atoms with Crippen LogP contribution in [0.4, 0.5) is 5.00 Å². The van der Waals surface area contributed by atoms with Gasteiger partial charge in [0.15, 0.2) is 0 Å². The summed E-state index contributed by atoms with van der Waals surface area (Å²) in [5.74, 6) is 0. The molecule has 9 heavy (non-hydrogen) atoms. The normalized spacial score (nSPS) is 14.7. The molecule has 1 aliphatic heterocycles. The third-order valence-corrected chi connectivity index (χ3v) is 2.06. The molecule has 45 valence electrons. The second kappa shape index (κ2) is 1.84. The Morgan fingerprint density at radius 1 is 1.56 bits per heavy atom. The lowest BCUT2D eigenvalue weighted by atomic mass is 10.3. The molecule has 0 N–H and O–H groups in total. The summed E-state index contributed by atoms with van der Waals surface area (Å²) in [5.41, 5.74) is 1.16. The Morgan fingerprint density at radius 3 is 3.44 bits per heavy atom. The minimum absolute atomic E-state index is 0.605. The van der Waals surface area contributed by atoms with Crippen molar-refractivity contribution in [1.82, 2.24) is 5.32 Å². The predicted octanol–water partition coefficient (Wildman–Crippen LogP) is 1.37. The first kappa shape index (κ1) is 4.99. The summed E-state index contributed by atoms with van der Waals surface area (Å²) in [6, 6.07) is 2.03. The van der Waals surface area contributed by atoms with Gasteiger partial charge in [0.25, 0.3) is 0 Å². The topological polar surface area (TPSA) is 26.5 Å². The Balaban J connectivity index is 2.53. The van der Waals surface area contributed by atoms with Crippen molar-refractivity contribution in [3.63, 3.8) is 0 Å².